The fraction of sp³-hybridized carbons (Fsp3) is 0.923. The number of hydrogen-bond donors (Lipinski definition) is 4. The van der Waals surface area contributed by atoms with Crippen LogP contribution < -0.4 is 0 Å². The molecule has 0 saturated carbocycles. The Bertz CT molecular complexity index is 1020. The molecule has 10 heteroatoms. The van der Waals surface area contributed by atoms with Gasteiger partial charge in [0, 0.05) is 12.8 Å². The maximum Gasteiger partial charge on any atom is 0.306 e. The van der Waals surface area contributed by atoms with Crippen LogP contribution in [0.25, 0.3) is 0 Å². The molecule has 1 saturated heterocycles. The molecule has 10 nitrogen and oxygen atoms in total. The first-order valence-electron chi connectivity index (χ1n) is 26.3. The molecule has 0 aromatic heterocycles. The van der Waals surface area contributed by atoms with E-state index in [0.29, 0.717) is 6.42 Å². The Kier molecular flexibility index (Phi) is 40.9. The summed E-state index contributed by atoms with van der Waals surface area (Å²) < 4.78 is 22.3. The van der Waals surface area contributed by atoms with Crippen molar-refractivity contribution in [1.29, 1.82) is 0 Å². The number of ether oxygens (including phenoxy) is 4. The van der Waals surface area contributed by atoms with Gasteiger partial charge in [-0.25, -0.2) is 0 Å². The van der Waals surface area contributed by atoms with Crippen LogP contribution in [0.5, 0.6) is 0 Å². The zero-order valence-electron chi connectivity index (χ0n) is 40.1. The maximum absolute atomic E-state index is 12.8. The minimum atomic E-state index is -1.59. The Morgan fingerprint density at radius 3 is 1.26 bits per heavy atom. The molecule has 1 heterocycles. The second-order valence-corrected chi connectivity index (χ2v) is 18.3. The Morgan fingerprint density at radius 2 is 0.855 bits per heavy atom. The predicted octanol–water partition coefficient (Wildman–Crippen LogP) is 12.3. The molecule has 2 unspecified atom stereocenters. The van der Waals surface area contributed by atoms with E-state index in [2.05, 4.69) is 26.0 Å². The minimum absolute atomic E-state index is 0.212. The SMILES string of the molecule is CCCCCCCC/C=C/CCCCCCCCCCCC(=O)O[C@@H](COC(=O)CCCCCCCCCCCCCCCCCCCC)CO[C@H]1O[C@@H](CO)[C@@H](O)C(O)C1O. The Labute approximate surface area is 380 Å². The molecule has 6 atom stereocenters. The summed E-state index contributed by atoms with van der Waals surface area (Å²) in [4.78, 5) is 25.5. The van der Waals surface area contributed by atoms with Crippen LogP contribution >= 0.6 is 0 Å². The molecule has 1 aliphatic heterocycles. The van der Waals surface area contributed by atoms with Gasteiger partial charge < -0.3 is 39.4 Å². The Balaban J connectivity index is 2.24. The summed E-state index contributed by atoms with van der Waals surface area (Å²) in [6.45, 7) is 3.47. The van der Waals surface area contributed by atoms with E-state index in [4.69, 9.17) is 18.9 Å². The first-order chi connectivity index (χ1) is 30.3. The number of carbonyl (C=O) groups is 2. The van der Waals surface area contributed by atoms with Crippen LogP contribution in [-0.2, 0) is 28.5 Å². The number of aliphatic hydroxyl groups excluding tert-OH is 4. The molecule has 0 aromatic carbocycles. The molecule has 0 amide bonds. The molecule has 0 radical (unpaired) electrons. The van der Waals surface area contributed by atoms with Crippen molar-refractivity contribution in [2.24, 2.45) is 0 Å². The molecule has 0 aliphatic carbocycles. The summed E-state index contributed by atoms with van der Waals surface area (Å²) in [7, 11) is 0. The Hall–Kier alpha value is -1.56. The molecule has 1 aliphatic rings. The van der Waals surface area contributed by atoms with Gasteiger partial charge in [0.15, 0.2) is 12.4 Å². The quantitative estimate of drug-likeness (QED) is 0.0264. The maximum atomic E-state index is 12.8. The van der Waals surface area contributed by atoms with Gasteiger partial charge in [-0.3, -0.25) is 9.59 Å². The van der Waals surface area contributed by atoms with Crippen molar-refractivity contribution < 1.29 is 49.0 Å². The highest BCUT2D eigenvalue weighted by atomic mass is 16.7. The number of allylic oxidation sites excluding steroid dienone is 2. The van der Waals surface area contributed by atoms with Gasteiger partial charge >= 0.3 is 11.9 Å². The van der Waals surface area contributed by atoms with Crippen molar-refractivity contribution >= 4 is 11.9 Å². The number of unbranched alkanes of at least 4 members (excludes halogenated alkanes) is 32. The first-order valence-corrected chi connectivity index (χ1v) is 26.3. The largest absolute Gasteiger partial charge is 0.462 e. The summed E-state index contributed by atoms with van der Waals surface area (Å²) in [5.74, 6) is -0.793. The number of aliphatic hydroxyl groups is 4. The number of hydrogen-bond acceptors (Lipinski definition) is 10. The molecule has 4 N–H and O–H groups in total. The standard InChI is InChI=1S/C52H98O10/c1-3-5-7-9-11-13-15-17-19-21-23-25-27-29-31-33-35-37-39-41-48(55)61-45(44-60-52-51(58)50(57)49(56)46(42-53)62-52)43-59-47(54)40-38-36-34-32-30-28-26-24-22-20-18-16-14-12-10-8-6-4-2/h17,19,45-46,49-53,56-58H,3-16,18,20-44H2,1-2H3/b19-17+/t45-,46-,49+,50?,51?,52-/m0/s1. The van der Waals surface area contributed by atoms with Crippen molar-refractivity contribution in [3.05, 3.63) is 12.2 Å². The molecule has 0 bridgehead atoms. The van der Waals surface area contributed by atoms with Crippen molar-refractivity contribution in [3.63, 3.8) is 0 Å². The van der Waals surface area contributed by atoms with Gasteiger partial charge in [0.1, 0.15) is 31.0 Å². The lowest BCUT2D eigenvalue weighted by molar-refractivity contribution is -0.305. The third-order valence-corrected chi connectivity index (χ3v) is 12.4. The van der Waals surface area contributed by atoms with Gasteiger partial charge in [0.25, 0.3) is 0 Å². The van der Waals surface area contributed by atoms with Gasteiger partial charge in [0.2, 0.25) is 0 Å². The molecule has 0 spiro atoms. The third-order valence-electron chi connectivity index (χ3n) is 12.4. The highest BCUT2D eigenvalue weighted by Crippen LogP contribution is 2.23. The van der Waals surface area contributed by atoms with Crippen molar-refractivity contribution in [2.75, 3.05) is 19.8 Å². The Morgan fingerprint density at radius 1 is 0.484 bits per heavy atom. The fourth-order valence-electron chi connectivity index (χ4n) is 8.24. The molecular weight excluding hydrogens is 785 g/mol. The second kappa shape index (κ2) is 43.3. The molecular formula is C52H98O10. The lowest BCUT2D eigenvalue weighted by atomic mass is 9.99. The van der Waals surface area contributed by atoms with Crippen LogP contribution in [0.3, 0.4) is 0 Å². The summed E-state index contributed by atoms with van der Waals surface area (Å²) in [5.41, 5.74) is 0. The number of rotatable bonds is 45. The van der Waals surface area contributed by atoms with Crippen LogP contribution in [0, 0.1) is 0 Å². The smallest absolute Gasteiger partial charge is 0.306 e. The lowest BCUT2D eigenvalue weighted by Gasteiger charge is -2.39. The average molecular weight is 883 g/mol. The van der Waals surface area contributed by atoms with Gasteiger partial charge in [-0.05, 0) is 38.5 Å². The lowest BCUT2D eigenvalue weighted by Crippen LogP contribution is -2.59. The van der Waals surface area contributed by atoms with Gasteiger partial charge in [-0.15, -0.1) is 0 Å². The van der Waals surface area contributed by atoms with Crippen LogP contribution in [0.15, 0.2) is 12.2 Å². The second-order valence-electron chi connectivity index (χ2n) is 18.3. The van der Waals surface area contributed by atoms with E-state index in [0.717, 1.165) is 38.5 Å². The van der Waals surface area contributed by atoms with Crippen LogP contribution in [0.2, 0.25) is 0 Å². The normalized spacial score (nSPS) is 19.6. The summed E-state index contributed by atoms with van der Waals surface area (Å²) >= 11 is 0. The topological polar surface area (TPSA) is 152 Å². The number of esters is 2. The van der Waals surface area contributed by atoms with E-state index in [1.807, 2.05) is 0 Å². The summed E-state index contributed by atoms with van der Waals surface area (Å²) in [6.07, 6.45) is 40.7. The van der Waals surface area contributed by atoms with Gasteiger partial charge in [-0.1, -0.05) is 212 Å². The predicted molar refractivity (Wildman–Crippen MR) is 252 cm³/mol. The van der Waals surface area contributed by atoms with Gasteiger partial charge in [0.05, 0.1) is 13.2 Å². The summed E-state index contributed by atoms with van der Waals surface area (Å²) in [5, 5.41) is 40.2. The van der Waals surface area contributed by atoms with Crippen molar-refractivity contribution in [1.82, 2.24) is 0 Å². The molecule has 62 heavy (non-hydrogen) atoms. The van der Waals surface area contributed by atoms with E-state index in [-0.39, 0.29) is 32.0 Å². The zero-order chi connectivity index (χ0) is 45.1. The molecule has 1 rings (SSSR count). The van der Waals surface area contributed by atoms with Crippen LogP contribution in [0.1, 0.15) is 251 Å². The highest BCUT2D eigenvalue weighted by Gasteiger charge is 2.44. The molecule has 1 fully saturated rings. The zero-order valence-corrected chi connectivity index (χ0v) is 40.1. The van der Waals surface area contributed by atoms with E-state index < -0.39 is 49.4 Å². The molecule has 366 valence electrons. The first kappa shape index (κ1) is 58.5. The third kappa shape index (κ3) is 33.9. The van der Waals surface area contributed by atoms with E-state index in [1.54, 1.807) is 0 Å². The van der Waals surface area contributed by atoms with E-state index in [9.17, 15) is 30.0 Å². The molecule has 0 aromatic rings. The minimum Gasteiger partial charge on any atom is -0.462 e. The fourth-order valence-corrected chi connectivity index (χ4v) is 8.24. The summed E-state index contributed by atoms with van der Waals surface area (Å²) in [6, 6.07) is 0. The number of carbonyl (C=O) groups excluding carboxylic acids is 2. The monoisotopic (exact) mass is 883 g/mol. The van der Waals surface area contributed by atoms with Crippen molar-refractivity contribution in [3.8, 4) is 0 Å². The van der Waals surface area contributed by atoms with Crippen LogP contribution in [-0.4, -0.2) is 89.0 Å². The highest BCUT2D eigenvalue weighted by molar-refractivity contribution is 5.70. The van der Waals surface area contributed by atoms with Gasteiger partial charge in [-0.2, -0.15) is 0 Å². The van der Waals surface area contributed by atoms with E-state index in [1.165, 1.54) is 180 Å². The van der Waals surface area contributed by atoms with Crippen LogP contribution in [0.4, 0.5) is 0 Å². The van der Waals surface area contributed by atoms with E-state index >= 15 is 0 Å². The average Bonchev–Trinajstić information content (AvgIpc) is 3.27. The van der Waals surface area contributed by atoms with Crippen molar-refractivity contribution in [2.45, 2.75) is 288 Å².